The quantitative estimate of drug-likeness (QED) is 0.130. The van der Waals surface area contributed by atoms with Crippen molar-refractivity contribution in [2.24, 2.45) is 0 Å². The number of rotatable bonds is 4. The molecule has 0 bridgehead atoms. The Balaban J connectivity index is 0.00000280. The van der Waals surface area contributed by atoms with Gasteiger partial charge in [0.25, 0.3) is 0 Å². The summed E-state index contributed by atoms with van der Waals surface area (Å²) in [6, 6.07) is 68.9. The molecule has 0 spiro atoms. The molecule has 7 heteroatoms. The van der Waals surface area contributed by atoms with Gasteiger partial charge in [-0.1, -0.05) is 160 Å². The molecule has 0 atom stereocenters. The summed E-state index contributed by atoms with van der Waals surface area (Å²) in [5.41, 5.74) is 22.9. The molecule has 9 aromatic carbocycles. The smallest absolute Gasteiger partial charge is 0.455 e. The zero-order valence-electron chi connectivity index (χ0n) is 42.5. The number of hydrogen-bond donors (Lipinski definition) is 0. The topological polar surface area (TPSA) is 24.6 Å². The van der Waals surface area contributed by atoms with Gasteiger partial charge in [-0.2, -0.15) is 24.1 Å². The van der Waals surface area contributed by atoms with Crippen molar-refractivity contribution in [2.75, 3.05) is 9.80 Å². The number of aryl methyl sites for hydroxylation is 2. The van der Waals surface area contributed by atoms with E-state index < -0.39 is 0 Å². The van der Waals surface area contributed by atoms with Crippen LogP contribution in [0.5, 0.6) is 0 Å². The van der Waals surface area contributed by atoms with Crippen molar-refractivity contribution in [2.45, 2.75) is 66.2 Å². The third-order valence-electron chi connectivity index (χ3n) is 15.0. The van der Waals surface area contributed by atoms with Crippen LogP contribution in [0.2, 0.25) is 0 Å². The van der Waals surface area contributed by atoms with Crippen LogP contribution in [-0.2, 0) is 65.4 Å². The van der Waals surface area contributed by atoms with E-state index in [1.165, 1.54) is 60.6 Å². The molecule has 2 aliphatic rings. The predicted molar refractivity (Wildman–Crippen MR) is 295 cm³/mol. The van der Waals surface area contributed by atoms with Gasteiger partial charge in [0.2, 0.25) is 0 Å². The minimum atomic E-state index is -0.235. The summed E-state index contributed by atoms with van der Waals surface area (Å²) in [6.45, 7) is 23.0. The van der Waals surface area contributed by atoms with Gasteiger partial charge >= 0.3 is 54.6 Å². The van der Waals surface area contributed by atoms with Gasteiger partial charge in [0.05, 0.1) is 16.7 Å². The first-order valence-corrected chi connectivity index (χ1v) is 24.5. The number of anilines is 6. The van der Waals surface area contributed by atoms with Crippen molar-refractivity contribution in [3.63, 3.8) is 0 Å². The average molecular weight is 1130 g/mol. The van der Waals surface area contributed by atoms with Crippen LogP contribution in [-0.4, -0.2) is 11.3 Å². The number of benzene rings is 9. The molecule has 0 saturated heterocycles. The molecular weight excluding hydrogens is 1070 g/mol. The van der Waals surface area contributed by atoms with E-state index in [2.05, 4.69) is 221 Å². The summed E-state index contributed by atoms with van der Waals surface area (Å²) in [5, 5.41) is 4.69. The van der Waals surface area contributed by atoms with Crippen LogP contribution in [0.15, 0.2) is 162 Å². The van der Waals surface area contributed by atoms with Crippen molar-refractivity contribution in [3.8, 4) is 16.8 Å². The van der Waals surface area contributed by atoms with E-state index in [9.17, 15) is 0 Å². The van der Waals surface area contributed by atoms with Gasteiger partial charge in [0, 0.05) is 38.5 Å². The second kappa shape index (κ2) is 17.6. The number of para-hydroxylation sites is 5. The number of fused-ring (bicyclic) bond motifs is 10. The second-order valence-corrected chi connectivity index (χ2v) is 21.5. The van der Waals surface area contributed by atoms with Crippen LogP contribution in [0.25, 0.3) is 60.6 Å². The molecule has 0 fully saturated rings. The molecule has 13 rings (SSSR count). The zero-order valence-corrected chi connectivity index (χ0v) is 50.5. The number of furan rings is 1. The first-order chi connectivity index (χ1) is 33.8. The molecule has 0 unspecified atom stereocenters. The van der Waals surface area contributed by atoms with E-state index in [0.29, 0.717) is 0 Å². The third-order valence-corrected chi connectivity index (χ3v) is 15.0. The third kappa shape index (κ3) is 7.25. The van der Waals surface area contributed by atoms with Crippen LogP contribution < -0.4 is 26.2 Å². The summed E-state index contributed by atoms with van der Waals surface area (Å²) in [6.07, 6.45) is 0. The molecule has 0 N–H and O–H groups in total. The maximum Gasteiger partial charge on any atom is 2.00 e. The minimum absolute atomic E-state index is 0. The summed E-state index contributed by atoms with van der Waals surface area (Å²) < 4.78 is 9.08. The van der Waals surface area contributed by atoms with Gasteiger partial charge in [0.15, 0.2) is 6.71 Å². The van der Waals surface area contributed by atoms with Gasteiger partial charge in [-0.3, -0.25) is 18.2 Å². The normalized spacial score (nSPS) is 13.0. The van der Waals surface area contributed by atoms with Gasteiger partial charge in [-0.25, -0.2) is 5.69 Å². The van der Waals surface area contributed by atoms with Crippen molar-refractivity contribution in [3.05, 3.63) is 211 Å². The zero-order chi connectivity index (χ0) is 48.0. The number of aromatic nitrogens is 1. The van der Waals surface area contributed by atoms with Gasteiger partial charge in [0.1, 0.15) is 11.2 Å². The summed E-state index contributed by atoms with van der Waals surface area (Å²) in [5.74, 6) is 0. The molecule has 0 radical (unpaired) electrons. The van der Waals surface area contributed by atoms with Crippen LogP contribution in [0.3, 0.4) is 0 Å². The van der Waals surface area contributed by atoms with Crippen molar-refractivity contribution in [1.29, 1.82) is 0 Å². The molecule has 340 valence electrons. The van der Waals surface area contributed by atoms with E-state index in [-0.39, 0.29) is 72.1 Å². The molecule has 0 saturated carbocycles. The van der Waals surface area contributed by atoms with Crippen molar-refractivity contribution in [1.82, 2.24) is 4.57 Å². The first-order valence-electron chi connectivity index (χ1n) is 24.5. The summed E-state index contributed by atoms with van der Waals surface area (Å²) >= 11 is 0. The Bertz CT molecular complexity index is 3950. The molecule has 2 aliphatic heterocycles. The standard InChI is InChI=1S/C65H52BN3O.2Cd/c1-39-19-17-20-40(2)61(39)69-54-27-15-13-23-47(54)50-37-56-53(38-55(50)69)66-52-34-33-51(65(7,8)9)41(3)62(52)68(44-21-11-10-12-22-44)58-36-43(64(4,5)6)35-57(60(58)66)67(56)45-31-29-42(30-32-45)46-25-18-26-49-48-24-14-16-28-59(48)70-63(46)49;;/h10-20,23-35,37-38H,3H2,1-2,4-9H3;;/q-4;2*+2. The van der Waals surface area contributed by atoms with E-state index in [4.69, 9.17) is 11.3 Å². The molecule has 0 amide bonds. The molecule has 2 aromatic heterocycles. The van der Waals surface area contributed by atoms with Gasteiger partial charge in [-0.15, -0.1) is 28.6 Å². The van der Waals surface area contributed by atoms with E-state index in [0.717, 1.165) is 78.3 Å². The van der Waals surface area contributed by atoms with Crippen molar-refractivity contribution < 1.29 is 59.0 Å². The maximum atomic E-state index is 6.57. The van der Waals surface area contributed by atoms with Crippen LogP contribution in [0.1, 0.15) is 69.4 Å². The van der Waals surface area contributed by atoms with E-state index in [1.807, 2.05) is 24.3 Å². The van der Waals surface area contributed by atoms with Crippen LogP contribution in [0, 0.1) is 39.0 Å². The Labute approximate surface area is 464 Å². The molecule has 4 heterocycles. The fourth-order valence-electron chi connectivity index (χ4n) is 11.8. The second-order valence-electron chi connectivity index (χ2n) is 21.5. The maximum absolute atomic E-state index is 6.57. The molecule has 72 heavy (non-hydrogen) atoms. The fourth-order valence-corrected chi connectivity index (χ4v) is 11.8. The summed E-state index contributed by atoms with van der Waals surface area (Å²) in [7, 11) is 0. The van der Waals surface area contributed by atoms with Crippen molar-refractivity contribution >= 4 is 101 Å². The van der Waals surface area contributed by atoms with E-state index in [1.54, 1.807) is 0 Å². The first kappa shape index (κ1) is 48.2. The number of nitrogens with zero attached hydrogens (tertiary/aromatic N) is 3. The minimum Gasteiger partial charge on any atom is -0.455 e. The Kier molecular flexibility index (Phi) is 11.8. The Hall–Kier alpha value is -6.04. The van der Waals surface area contributed by atoms with Gasteiger partial charge < -0.3 is 30.9 Å². The SMILES string of the molecule is [CH2-]c1c(C(C)(C)C)ccc2c1N(c1[c-]ccc[c-]1)c1[c-]c(C(C)(C)C)cc3c1B2c1cc2c(cc1N3c1ccc(-c3cccc4c3oc3ccccc34)cc1)c1ccccc1n2-c1c(C)cccc1C.[Cd+2].[Cd+2]. The Morgan fingerprint density at radius 1 is 0.569 bits per heavy atom. The number of hydrogen-bond acceptors (Lipinski definition) is 3. The van der Waals surface area contributed by atoms with Crippen LogP contribution >= 0.6 is 0 Å². The molecule has 4 nitrogen and oxygen atoms in total. The van der Waals surface area contributed by atoms with E-state index >= 15 is 0 Å². The molecular formula is C65H52BCd2N3O. The average Bonchev–Trinajstić information content (AvgIpc) is 3.88. The summed E-state index contributed by atoms with van der Waals surface area (Å²) in [4.78, 5) is 4.89. The monoisotopic (exact) mass is 1130 g/mol. The largest absolute Gasteiger partial charge is 2.00 e. The predicted octanol–water partition coefficient (Wildman–Crippen LogP) is 15.2. The Morgan fingerprint density at radius 3 is 1.97 bits per heavy atom. The Morgan fingerprint density at radius 2 is 1.25 bits per heavy atom. The molecule has 11 aromatic rings. The molecule has 0 aliphatic carbocycles. The fraction of sp³-hybridized carbons (Fsp3) is 0.154. The van der Waals surface area contributed by atoms with Gasteiger partial charge in [-0.05, 0) is 72.4 Å². The van der Waals surface area contributed by atoms with Crippen LogP contribution in [0.4, 0.5) is 34.1 Å².